The number of carboxylic acid groups (broad SMARTS) is 1. The molecule has 3 aliphatic heterocycles. The summed E-state index contributed by atoms with van der Waals surface area (Å²) in [6.07, 6.45) is 5.67. The molecule has 480 valence electrons. The highest BCUT2D eigenvalue weighted by Crippen LogP contribution is 2.38. The molecule has 0 aromatic carbocycles. The number of carbonyl (C=O) groups excluding carboxylic acids is 2. The molecule has 0 saturated carbocycles. The van der Waals surface area contributed by atoms with E-state index in [0.29, 0.717) is 12.8 Å². The van der Waals surface area contributed by atoms with Crippen molar-refractivity contribution in [2.45, 2.75) is 317 Å². The van der Waals surface area contributed by atoms with Crippen LogP contribution in [0.4, 0.5) is 0 Å². The molecule has 3 heterocycles. The van der Waals surface area contributed by atoms with Crippen molar-refractivity contribution in [2.75, 3.05) is 26.4 Å². The number of amides is 2. The summed E-state index contributed by atoms with van der Waals surface area (Å²) >= 11 is 0. The third-order valence-electron chi connectivity index (χ3n) is 16.0. The number of aliphatic carboxylic acids is 1. The van der Waals surface area contributed by atoms with E-state index in [1.54, 1.807) is 6.08 Å². The number of hydrogen-bond acceptors (Lipinski definition) is 20. The molecule has 82 heavy (non-hydrogen) atoms. The quantitative estimate of drug-likeness (QED) is 0.0307. The molecule has 23 heteroatoms. The van der Waals surface area contributed by atoms with E-state index in [1.807, 2.05) is 6.08 Å². The smallest absolute Gasteiger partial charge is 0.364 e. The van der Waals surface area contributed by atoms with Gasteiger partial charge in [0.15, 0.2) is 12.6 Å². The number of aliphatic hydroxyl groups is 11. The zero-order valence-electron chi connectivity index (χ0n) is 49.3. The van der Waals surface area contributed by atoms with Crippen molar-refractivity contribution in [3.63, 3.8) is 0 Å². The van der Waals surface area contributed by atoms with Gasteiger partial charge in [0.1, 0.15) is 67.1 Å². The Morgan fingerprint density at radius 1 is 0.634 bits per heavy atom. The van der Waals surface area contributed by atoms with E-state index < -0.39 is 155 Å². The van der Waals surface area contributed by atoms with Gasteiger partial charge in [0, 0.05) is 19.8 Å². The number of aliphatic hydroxyl groups excluding tert-OH is 11. The summed E-state index contributed by atoms with van der Waals surface area (Å²) in [5.41, 5.74) is 0. The Morgan fingerprint density at radius 3 is 1.62 bits per heavy atom. The molecule has 3 aliphatic rings. The number of carboxylic acids is 1. The third-order valence-corrected chi connectivity index (χ3v) is 16.0. The van der Waals surface area contributed by atoms with Crippen LogP contribution in [0.1, 0.15) is 207 Å². The Bertz CT molecular complexity index is 1740. The first-order valence-electron chi connectivity index (χ1n) is 31.1. The lowest BCUT2D eigenvalue weighted by Crippen LogP contribution is -2.70. The highest BCUT2D eigenvalue weighted by atomic mass is 16.8. The second-order valence-electron chi connectivity index (χ2n) is 22.9. The Balaban J connectivity index is 1.66. The summed E-state index contributed by atoms with van der Waals surface area (Å²) in [4.78, 5) is 38.3. The lowest BCUT2D eigenvalue weighted by atomic mass is 9.88. The Kier molecular flexibility index (Phi) is 37.4. The van der Waals surface area contributed by atoms with Gasteiger partial charge < -0.3 is 100 Å². The van der Waals surface area contributed by atoms with E-state index in [9.17, 15) is 75.7 Å². The van der Waals surface area contributed by atoms with Gasteiger partial charge in [0.25, 0.3) is 5.79 Å². The molecule has 0 spiro atoms. The van der Waals surface area contributed by atoms with E-state index in [0.717, 1.165) is 51.9 Å². The number of rotatable bonds is 45. The van der Waals surface area contributed by atoms with Crippen LogP contribution in [0.25, 0.3) is 0 Å². The first kappa shape index (κ1) is 73.7. The summed E-state index contributed by atoms with van der Waals surface area (Å²) in [5, 5.41) is 135. The molecule has 23 nitrogen and oxygen atoms in total. The second-order valence-corrected chi connectivity index (χ2v) is 22.9. The topological polar surface area (TPSA) is 373 Å². The minimum atomic E-state index is -3.08. The van der Waals surface area contributed by atoms with Crippen LogP contribution in [-0.4, -0.2) is 215 Å². The van der Waals surface area contributed by atoms with Gasteiger partial charge in [-0.1, -0.05) is 180 Å². The minimum absolute atomic E-state index is 0.203. The number of ether oxygens (including phenoxy) is 6. The van der Waals surface area contributed by atoms with Crippen molar-refractivity contribution >= 4 is 17.8 Å². The molecule has 0 aliphatic carbocycles. The predicted octanol–water partition coefficient (Wildman–Crippen LogP) is 3.17. The monoisotopic (exact) mass is 1180 g/mol. The van der Waals surface area contributed by atoms with Gasteiger partial charge >= 0.3 is 5.97 Å². The SMILES string of the molecule is CCCCCCCCCCCCCCCCC/C=C/C(O)C(COC1OC(CO)C(OC2OC(CO)C(O)C(OC3(C(=O)O)CC(O)C(NC(C)=O)C(C(O)C(O)CO)O3)C2O)C(O)C1O)NC(=O)CCCCCCCCCCCCC. The molecule has 2 amide bonds. The van der Waals surface area contributed by atoms with E-state index in [2.05, 4.69) is 24.5 Å². The van der Waals surface area contributed by atoms with Crippen molar-refractivity contribution in [3.05, 3.63) is 12.2 Å². The molecule has 3 rings (SSSR count). The molecule has 18 unspecified atom stereocenters. The molecule has 3 saturated heterocycles. The van der Waals surface area contributed by atoms with Crippen molar-refractivity contribution in [3.8, 4) is 0 Å². The van der Waals surface area contributed by atoms with Gasteiger partial charge in [0.05, 0.1) is 50.7 Å². The van der Waals surface area contributed by atoms with Crippen LogP contribution in [0, 0.1) is 0 Å². The van der Waals surface area contributed by atoms with Crippen LogP contribution >= 0.6 is 0 Å². The molecule has 3 fully saturated rings. The molecular weight excluding hydrogens is 1070 g/mol. The number of unbranched alkanes of at least 4 members (excludes halogenated alkanes) is 25. The van der Waals surface area contributed by atoms with Crippen molar-refractivity contribution in [1.29, 1.82) is 0 Å². The number of nitrogens with one attached hydrogen (secondary N) is 2. The zero-order chi connectivity index (χ0) is 60.5. The lowest BCUT2D eigenvalue weighted by molar-refractivity contribution is -0.386. The van der Waals surface area contributed by atoms with E-state index >= 15 is 0 Å². The minimum Gasteiger partial charge on any atom is -0.477 e. The summed E-state index contributed by atoms with van der Waals surface area (Å²) in [6, 6.07) is -2.61. The fraction of sp³-hybridized carbons (Fsp3) is 0.915. The van der Waals surface area contributed by atoms with Gasteiger partial charge in [-0.05, 0) is 19.3 Å². The summed E-state index contributed by atoms with van der Waals surface area (Å²) in [5.74, 6) is -6.14. The Labute approximate surface area is 486 Å². The van der Waals surface area contributed by atoms with Crippen LogP contribution in [0.2, 0.25) is 0 Å². The van der Waals surface area contributed by atoms with Crippen LogP contribution in [0.5, 0.6) is 0 Å². The van der Waals surface area contributed by atoms with Gasteiger partial charge in [-0.15, -0.1) is 0 Å². The molecule has 0 bridgehead atoms. The summed E-state index contributed by atoms with van der Waals surface area (Å²) in [6.45, 7) is 2.09. The van der Waals surface area contributed by atoms with Crippen LogP contribution < -0.4 is 10.6 Å². The maximum atomic E-state index is 13.3. The average Bonchev–Trinajstić information content (AvgIpc) is 3.56. The molecule has 18 atom stereocenters. The lowest BCUT2D eigenvalue weighted by Gasteiger charge is -2.50. The van der Waals surface area contributed by atoms with E-state index in [-0.39, 0.29) is 12.3 Å². The molecule has 14 N–H and O–H groups in total. The highest BCUT2D eigenvalue weighted by Gasteiger charge is 2.60. The number of carbonyl (C=O) groups is 3. The maximum absolute atomic E-state index is 13.3. The first-order chi connectivity index (χ1) is 39.4. The van der Waals surface area contributed by atoms with Crippen molar-refractivity contribution < 1.29 is 104 Å². The molecular formula is C59H108N2O21. The van der Waals surface area contributed by atoms with Crippen LogP contribution in [-0.2, 0) is 42.8 Å². The van der Waals surface area contributed by atoms with Gasteiger partial charge in [-0.25, -0.2) is 4.79 Å². The second kappa shape index (κ2) is 41.5. The standard InChI is InChI=1S/C59H108N2O21/c1-4-6-8-10-12-14-16-17-18-19-20-21-23-24-26-28-30-32-41(66)40(61-46(69)33-31-29-27-25-22-15-13-11-9-7-5-2)38-77-56-51(73)50(72)53(45(37-64)79-56)80-57-52(74)55(49(71)44(36-63)78-57)82-59(58(75)76)34-42(67)47(60-39(3)65)54(81-59)48(70)43(68)35-62/h30,32,40-45,47-57,62-64,66-68,70-74H,4-29,31,33-38H2,1-3H3,(H,60,65)(H,61,69)(H,75,76)/b32-30+. The zero-order valence-corrected chi connectivity index (χ0v) is 49.3. The van der Waals surface area contributed by atoms with Gasteiger partial charge in [-0.2, -0.15) is 0 Å². The highest BCUT2D eigenvalue weighted by molar-refractivity contribution is 5.77. The summed E-state index contributed by atoms with van der Waals surface area (Å²) in [7, 11) is 0. The first-order valence-corrected chi connectivity index (χ1v) is 31.1. The number of hydrogen-bond donors (Lipinski definition) is 14. The van der Waals surface area contributed by atoms with E-state index in [4.69, 9.17) is 28.4 Å². The Hall–Kier alpha value is -2.53. The summed E-state index contributed by atoms with van der Waals surface area (Å²) < 4.78 is 34.7. The normalized spacial score (nSPS) is 30.2. The van der Waals surface area contributed by atoms with Crippen molar-refractivity contribution in [1.82, 2.24) is 10.6 Å². The van der Waals surface area contributed by atoms with Gasteiger partial charge in [0.2, 0.25) is 11.8 Å². The molecule has 0 aromatic heterocycles. The Morgan fingerprint density at radius 2 is 1.13 bits per heavy atom. The van der Waals surface area contributed by atoms with Crippen molar-refractivity contribution in [2.24, 2.45) is 0 Å². The number of allylic oxidation sites excluding steroid dienone is 1. The predicted molar refractivity (Wildman–Crippen MR) is 301 cm³/mol. The third kappa shape index (κ3) is 25.4. The van der Waals surface area contributed by atoms with E-state index in [1.165, 1.54) is 116 Å². The van der Waals surface area contributed by atoms with Gasteiger partial charge in [-0.3, -0.25) is 9.59 Å². The maximum Gasteiger partial charge on any atom is 0.364 e. The molecule has 0 aromatic rings. The van der Waals surface area contributed by atoms with Crippen LogP contribution in [0.3, 0.4) is 0 Å². The largest absolute Gasteiger partial charge is 0.477 e. The molecule has 0 radical (unpaired) electrons. The fourth-order valence-electron chi connectivity index (χ4n) is 10.9. The van der Waals surface area contributed by atoms with Crippen LogP contribution in [0.15, 0.2) is 12.2 Å². The average molecular weight is 1180 g/mol. The fourth-order valence-corrected chi connectivity index (χ4v) is 10.9.